The van der Waals surface area contributed by atoms with Crippen molar-refractivity contribution in [1.82, 2.24) is 35.4 Å². The van der Waals surface area contributed by atoms with E-state index in [4.69, 9.17) is 0 Å². The smallest absolute Gasteiger partial charge is 0.271 e. The molecule has 0 saturated carbocycles. The molecule has 2 N–H and O–H groups in total. The number of aryl methyl sites for hydroxylation is 2. The molecule has 0 radical (unpaired) electrons. The minimum atomic E-state index is -0.383. The molecule has 0 saturated heterocycles. The minimum absolute atomic E-state index is 0.141. The Morgan fingerprint density at radius 3 is 2.91 bits per heavy atom. The van der Waals surface area contributed by atoms with Crippen molar-refractivity contribution in [3.05, 3.63) is 69.7 Å². The van der Waals surface area contributed by atoms with Gasteiger partial charge < -0.3 is 10.6 Å². The first-order chi connectivity index (χ1) is 16.5. The monoisotopic (exact) mass is 475 g/mol. The number of aromatic nitrogens is 5. The lowest BCUT2D eigenvalue weighted by atomic mass is 9.83. The number of nitrogens with zero attached hydrogens (tertiary/aromatic N) is 5. The second-order valence-corrected chi connectivity index (χ2v) is 9.55. The first-order valence-electron chi connectivity index (χ1n) is 11.3. The lowest BCUT2D eigenvalue weighted by Crippen LogP contribution is -2.29. The highest BCUT2D eigenvalue weighted by molar-refractivity contribution is 7.13. The van der Waals surface area contributed by atoms with Gasteiger partial charge in [0, 0.05) is 19.5 Å². The van der Waals surface area contributed by atoms with Crippen LogP contribution < -0.4 is 10.6 Å². The number of rotatable bonds is 6. The number of amides is 2. The van der Waals surface area contributed by atoms with Gasteiger partial charge in [-0.2, -0.15) is 5.10 Å². The topological polar surface area (TPSA) is 115 Å². The summed E-state index contributed by atoms with van der Waals surface area (Å²) in [6.07, 6.45) is 7.80. The summed E-state index contributed by atoms with van der Waals surface area (Å²) in [5.74, 6) is -0.153. The summed E-state index contributed by atoms with van der Waals surface area (Å²) in [5, 5.41) is 11.4. The largest absolute Gasteiger partial charge is 0.351 e. The van der Waals surface area contributed by atoms with Crippen LogP contribution in [-0.4, -0.2) is 43.1 Å². The second-order valence-electron chi connectivity index (χ2n) is 8.48. The van der Waals surface area contributed by atoms with Crippen molar-refractivity contribution in [2.75, 3.05) is 6.54 Å². The van der Waals surface area contributed by atoms with E-state index in [1.54, 1.807) is 24.1 Å². The maximum atomic E-state index is 12.8. The predicted octanol–water partition coefficient (Wildman–Crippen LogP) is 3.16. The number of benzene rings is 1. The van der Waals surface area contributed by atoms with Crippen LogP contribution in [-0.2, 0) is 13.5 Å². The summed E-state index contributed by atoms with van der Waals surface area (Å²) >= 11 is 1.28. The zero-order valence-corrected chi connectivity index (χ0v) is 19.8. The van der Waals surface area contributed by atoms with Gasteiger partial charge in [0.15, 0.2) is 5.65 Å². The zero-order chi connectivity index (χ0) is 23.7. The summed E-state index contributed by atoms with van der Waals surface area (Å²) in [5.41, 5.74) is 3.56. The quantitative estimate of drug-likeness (QED) is 0.443. The molecule has 2 unspecified atom stereocenters. The van der Waals surface area contributed by atoms with Crippen molar-refractivity contribution in [3.63, 3.8) is 0 Å². The Morgan fingerprint density at radius 2 is 2.03 bits per heavy atom. The Kier molecular flexibility index (Phi) is 6.06. The molecule has 4 aromatic rings. The number of hydrogen-bond donors (Lipinski definition) is 2. The molecule has 0 fully saturated rings. The number of carbonyl (C=O) groups is 2. The van der Waals surface area contributed by atoms with Crippen LogP contribution in [0.5, 0.6) is 0 Å². The molecule has 2 atom stereocenters. The molecule has 0 aliphatic heterocycles. The zero-order valence-electron chi connectivity index (χ0n) is 19.0. The fraction of sp³-hybridized carbons (Fsp3) is 0.333. The van der Waals surface area contributed by atoms with Crippen molar-refractivity contribution in [2.24, 2.45) is 7.05 Å². The minimum Gasteiger partial charge on any atom is -0.351 e. The van der Waals surface area contributed by atoms with Crippen molar-refractivity contribution < 1.29 is 9.59 Å². The molecule has 34 heavy (non-hydrogen) atoms. The SMILES string of the molecule is CC(NC(=O)c1ncnc2c1cnn2C)c1ncc(C(=O)NCC2CCCc3ccccc32)s1. The van der Waals surface area contributed by atoms with Gasteiger partial charge in [-0.25, -0.2) is 15.0 Å². The molecule has 3 aromatic heterocycles. The molecule has 0 spiro atoms. The Morgan fingerprint density at radius 1 is 1.18 bits per heavy atom. The van der Waals surface area contributed by atoms with Gasteiger partial charge in [-0.3, -0.25) is 14.3 Å². The molecule has 0 bridgehead atoms. The lowest BCUT2D eigenvalue weighted by Gasteiger charge is -2.25. The molecule has 1 aliphatic carbocycles. The molecule has 1 aromatic carbocycles. The fourth-order valence-electron chi connectivity index (χ4n) is 4.43. The van der Waals surface area contributed by atoms with Gasteiger partial charge in [0.05, 0.1) is 23.8 Å². The molecule has 3 heterocycles. The van der Waals surface area contributed by atoms with Crippen LogP contribution in [0.2, 0.25) is 0 Å². The van der Waals surface area contributed by atoms with Gasteiger partial charge in [-0.05, 0) is 37.3 Å². The summed E-state index contributed by atoms with van der Waals surface area (Å²) in [6.45, 7) is 2.43. The number of fused-ring (bicyclic) bond motifs is 2. The van der Waals surface area contributed by atoms with E-state index in [-0.39, 0.29) is 23.6 Å². The summed E-state index contributed by atoms with van der Waals surface area (Å²) < 4.78 is 1.59. The predicted molar refractivity (Wildman–Crippen MR) is 129 cm³/mol. The van der Waals surface area contributed by atoms with Crippen LogP contribution in [0.3, 0.4) is 0 Å². The molecular formula is C24H25N7O2S. The Balaban J connectivity index is 1.22. The van der Waals surface area contributed by atoms with E-state index in [9.17, 15) is 9.59 Å². The van der Waals surface area contributed by atoms with Gasteiger partial charge >= 0.3 is 0 Å². The van der Waals surface area contributed by atoms with E-state index in [1.807, 2.05) is 6.92 Å². The average Bonchev–Trinajstić information content (AvgIpc) is 3.50. The van der Waals surface area contributed by atoms with Gasteiger partial charge in [0.2, 0.25) is 0 Å². The van der Waals surface area contributed by atoms with Crippen molar-refractivity contribution in [1.29, 1.82) is 0 Å². The van der Waals surface area contributed by atoms with Gasteiger partial charge in [-0.15, -0.1) is 11.3 Å². The van der Waals surface area contributed by atoms with E-state index in [0.29, 0.717) is 33.4 Å². The van der Waals surface area contributed by atoms with Crippen molar-refractivity contribution in [3.8, 4) is 0 Å². The molecule has 9 nitrogen and oxygen atoms in total. The number of carbonyl (C=O) groups excluding carboxylic acids is 2. The van der Waals surface area contributed by atoms with E-state index in [1.165, 1.54) is 28.8 Å². The fourth-order valence-corrected chi connectivity index (χ4v) is 5.27. The van der Waals surface area contributed by atoms with Crippen LogP contribution >= 0.6 is 11.3 Å². The first kappa shape index (κ1) is 22.1. The van der Waals surface area contributed by atoms with Crippen molar-refractivity contribution in [2.45, 2.75) is 38.1 Å². The van der Waals surface area contributed by atoms with Crippen LogP contribution in [0.4, 0.5) is 0 Å². The molecule has 1 aliphatic rings. The number of nitrogens with one attached hydrogen (secondary N) is 2. The molecule has 10 heteroatoms. The lowest BCUT2D eigenvalue weighted by molar-refractivity contribution is 0.0933. The van der Waals surface area contributed by atoms with E-state index >= 15 is 0 Å². The van der Waals surface area contributed by atoms with E-state index in [2.05, 4.69) is 54.9 Å². The third-order valence-corrected chi connectivity index (χ3v) is 7.39. The number of hydrogen-bond acceptors (Lipinski definition) is 7. The molecule has 5 rings (SSSR count). The molecule has 2 amide bonds. The normalized spacial score (nSPS) is 16.1. The first-order valence-corrected chi connectivity index (χ1v) is 12.1. The van der Waals surface area contributed by atoms with Crippen LogP contribution in [0.15, 0.2) is 43.0 Å². The van der Waals surface area contributed by atoms with Gasteiger partial charge in [-0.1, -0.05) is 24.3 Å². The Bertz CT molecular complexity index is 1360. The number of thiazole rings is 1. The molecule has 174 valence electrons. The highest BCUT2D eigenvalue weighted by Crippen LogP contribution is 2.31. The maximum Gasteiger partial charge on any atom is 0.271 e. The maximum absolute atomic E-state index is 12.8. The Hall–Kier alpha value is -3.66. The van der Waals surface area contributed by atoms with Gasteiger partial charge in [0.25, 0.3) is 11.8 Å². The van der Waals surface area contributed by atoms with Gasteiger partial charge in [0.1, 0.15) is 21.9 Å². The van der Waals surface area contributed by atoms with E-state index < -0.39 is 0 Å². The van der Waals surface area contributed by atoms with Crippen LogP contribution in [0, 0.1) is 0 Å². The molecular weight excluding hydrogens is 450 g/mol. The average molecular weight is 476 g/mol. The summed E-state index contributed by atoms with van der Waals surface area (Å²) in [4.78, 5) is 38.8. The highest BCUT2D eigenvalue weighted by atomic mass is 32.1. The summed E-state index contributed by atoms with van der Waals surface area (Å²) in [6, 6.07) is 8.09. The Labute approximate surface area is 200 Å². The third-order valence-electron chi connectivity index (χ3n) is 6.21. The standard InChI is InChI=1S/C24H25N7O2S/c1-14(30-23(33)20-18-11-29-31(2)21(18)28-13-27-20)24-26-12-19(34-24)22(32)25-10-16-8-5-7-15-6-3-4-9-17(15)16/h3-4,6,9,11-14,16H,5,7-8,10H2,1-2H3,(H,25,32)(H,30,33). The summed E-state index contributed by atoms with van der Waals surface area (Å²) in [7, 11) is 1.76. The third kappa shape index (κ3) is 4.28. The van der Waals surface area contributed by atoms with Crippen molar-refractivity contribution >= 4 is 34.2 Å². The van der Waals surface area contributed by atoms with Crippen LogP contribution in [0.25, 0.3) is 11.0 Å². The second kappa shape index (κ2) is 9.30. The van der Waals surface area contributed by atoms with E-state index in [0.717, 1.165) is 19.3 Å². The highest BCUT2D eigenvalue weighted by Gasteiger charge is 2.23. The van der Waals surface area contributed by atoms with Crippen LogP contribution in [0.1, 0.15) is 68.0 Å².